The van der Waals surface area contributed by atoms with Crippen LogP contribution in [0.15, 0.2) is 48.7 Å². The minimum atomic E-state index is -0.0789. The van der Waals surface area contributed by atoms with Crippen molar-refractivity contribution >= 4 is 38.5 Å². The number of amides is 1. The molecule has 2 heterocycles. The summed E-state index contributed by atoms with van der Waals surface area (Å²) in [5, 5.41) is 4.17. The Labute approximate surface area is 127 Å². The number of nitrogens with one attached hydrogen (secondary N) is 1. The summed E-state index contributed by atoms with van der Waals surface area (Å²) in [5.74, 6) is -0.0789. The lowest BCUT2D eigenvalue weighted by molar-refractivity contribution is 0.0824. The lowest BCUT2D eigenvalue weighted by atomic mass is 10.0. The van der Waals surface area contributed by atoms with Crippen LogP contribution in [0.1, 0.15) is 10.5 Å². The molecule has 108 valence electrons. The van der Waals surface area contributed by atoms with Crippen molar-refractivity contribution in [1.82, 2.24) is 14.9 Å². The molecular formula is C18H15N3O. The number of aromatic amines is 1. The van der Waals surface area contributed by atoms with Gasteiger partial charge in [-0.1, -0.05) is 18.2 Å². The molecule has 4 heteroatoms. The summed E-state index contributed by atoms with van der Waals surface area (Å²) in [6, 6.07) is 14.3. The van der Waals surface area contributed by atoms with E-state index in [1.54, 1.807) is 25.2 Å². The van der Waals surface area contributed by atoms with Gasteiger partial charge in [-0.05, 0) is 29.7 Å². The number of rotatable bonds is 1. The standard InChI is InChI=1S/C18H15N3O/c1-21(2)18(22)17-13-10-14-12-5-3-4-6-15(12)20-16(14)9-11(13)7-8-19-17/h3-10,20H,1-2H3. The van der Waals surface area contributed by atoms with Crippen LogP contribution in [0.3, 0.4) is 0 Å². The van der Waals surface area contributed by atoms with E-state index in [1.165, 1.54) is 0 Å². The first-order valence-corrected chi connectivity index (χ1v) is 7.16. The van der Waals surface area contributed by atoms with Gasteiger partial charge in [-0.25, -0.2) is 0 Å². The largest absolute Gasteiger partial charge is 0.354 e. The van der Waals surface area contributed by atoms with Gasteiger partial charge >= 0.3 is 0 Å². The van der Waals surface area contributed by atoms with Gasteiger partial charge in [0.1, 0.15) is 5.69 Å². The van der Waals surface area contributed by atoms with Crippen molar-refractivity contribution in [2.24, 2.45) is 0 Å². The van der Waals surface area contributed by atoms with Crippen molar-refractivity contribution in [1.29, 1.82) is 0 Å². The van der Waals surface area contributed by atoms with E-state index in [1.807, 2.05) is 18.2 Å². The number of benzene rings is 2. The van der Waals surface area contributed by atoms with Gasteiger partial charge in [-0.15, -0.1) is 0 Å². The van der Waals surface area contributed by atoms with Gasteiger partial charge in [-0.3, -0.25) is 9.78 Å². The number of H-pyrrole nitrogens is 1. The minimum absolute atomic E-state index is 0.0789. The molecule has 0 unspecified atom stereocenters. The van der Waals surface area contributed by atoms with Crippen molar-refractivity contribution < 1.29 is 4.79 Å². The fraction of sp³-hybridized carbons (Fsp3) is 0.111. The first-order chi connectivity index (χ1) is 10.6. The molecule has 1 N–H and O–H groups in total. The van der Waals surface area contributed by atoms with Gasteiger partial charge in [0, 0.05) is 47.5 Å². The smallest absolute Gasteiger partial charge is 0.272 e. The topological polar surface area (TPSA) is 49.0 Å². The van der Waals surface area contributed by atoms with Crippen LogP contribution in [0.2, 0.25) is 0 Å². The summed E-state index contributed by atoms with van der Waals surface area (Å²) in [6.07, 6.45) is 1.69. The maximum atomic E-state index is 12.4. The molecule has 22 heavy (non-hydrogen) atoms. The van der Waals surface area contributed by atoms with E-state index in [-0.39, 0.29) is 5.91 Å². The Morgan fingerprint density at radius 1 is 1.00 bits per heavy atom. The number of carbonyl (C=O) groups is 1. The highest BCUT2D eigenvalue weighted by atomic mass is 16.2. The number of hydrogen-bond donors (Lipinski definition) is 1. The van der Waals surface area contributed by atoms with E-state index >= 15 is 0 Å². The molecule has 0 fully saturated rings. The Morgan fingerprint density at radius 3 is 2.64 bits per heavy atom. The molecule has 0 saturated carbocycles. The molecule has 0 radical (unpaired) electrons. The molecule has 4 rings (SSSR count). The molecule has 0 atom stereocenters. The van der Waals surface area contributed by atoms with Crippen LogP contribution in [-0.2, 0) is 0 Å². The van der Waals surface area contributed by atoms with E-state index in [9.17, 15) is 4.79 Å². The molecule has 0 spiro atoms. The Morgan fingerprint density at radius 2 is 1.82 bits per heavy atom. The van der Waals surface area contributed by atoms with E-state index in [2.05, 4.69) is 34.2 Å². The van der Waals surface area contributed by atoms with Crippen LogP contribution in [0.5, 0.6) is 0 Å². The molecule has 4 nitrogen and oxygen atoms in total. The summed E-state index contributed by atoms with van der Waals surface area (Å²) in [6.45, 7) is 0. The highest BCUT2D eigenvalue weighted by molar-refractivity contribution is 6.15. The summed E-state index contributed by atoms with van der Waals surface area (Å²) in [4.78, 5) is 21.6. The lowest BCUT2D eigenvalue weighted by Crippen LogP contribution is -2.22. The third kappa shape index (κ3) is 1.77. The van der Waals surface area contributed by atoms with Crippen molar-refractivity contribution in [3.63, 3.8) is 0 Å². The number of para-hydroxylation sites is 1. The van der Waals surface area contributed by atoms with Gasteiger partial charge in [0.05, 0.1) is 0 Å². The molecule has 2 aromatic heterocycles. The average molecular weight is 289 g/mol. The van der Waals surface area contributed by atoms with E-state index in [0.717, 1.165) is 32.6 Å². The van der Waals surface area contributed by atoms with Crippen LogP contribution in [0.25, 0.3) is 32.6 Å². The van der Waals surface area contributed by atoms with E-state index in [4.69, 9.17) is 0 Å². The Balaban J connectivity index is 2.12. The molecule has 2 aromatic carbocycles. The van der Waals surface area contributed by atoms with Crippen LogP contribution in [-0.4, -0.2) is 34.9 Å². The van der Waals surface area contributed by atoms with Gasteiger partial charge < -0.3 is 9.88 Å². The third-order valence-electron chi connectivity index (χ3n) is 4.00. The number of carbonyl (C=O) groups excluding carboxylic acids is 1. The number of pyridine rings is 1. The van der Waals surface area contributed by atoms with Crippen molar-refractivity contribution in [2.75, 3.05) is 14.1 Å². The zero-order chi connectivity index (χ0) is 15.3. The van der Waals surface area contributed by atoms with E-state index in [0.29, 0.717) is 5.69 Å². The Bertz CT molecular complexity index is 1030. The summed E-state index contributed by atoms with van der Waals surface area (Å²) >= 11 is 0. The molecule has 0 aliphatic heterocycles. The predicted octanol–water partition coefficient (Wildman–Crippen LogP) is 3.57. The quantitative estimate of drug-likeness (QED) is 0.582. The SMILES string of the molecule is CN(C)C(=O)c1nccc2cc3[nH]c4ccccc4c3cc12. The number of hydrogen-bond acceptors (Lipinski definition) is 2. The van der Waals surface area contributed by atoms with Crippen molar-refractivity contribution in [3.05, 3.63) is 54.4 Å². The second kappa shape index (κ2) is 4.56. The highest BCUT2D eigenvalue weighted by Crippen LogP contribution is 2.30. The average Bonchev–Trinajstić information content (AvgIpc) is 2.89. The maximum Gasteiger partial charge on any atom is 0.272 e. The molecule has 0 saturated heterocycles. The second-order valence-corrected chi connectivity index (χ2v) is 5.65. The fourth-order valence-corrected chi connectivity index (χ4v) is 2.90. The lowest BCUT2D eigenvalue weighted by Gasteiger charge is -2.11. The van der Waals surface area contributed by atoms with Crippen molar-refractivity contribution in [3.8, 4) is 0 Å². The number of aromatic nitrogens is 2. The summed E-state index contributed by atoms with van der Waals surface area (Å²) < 4.78 is 0. The highest BCUT2D eigenvalue weighted by Gasteiger charge is 2.15. The molecule has 0 bridgehead atoms. The minimum Gasteiger partial charge on any atom is -0.354 e. The molecular weight excluding hydrogens is 274 g/mol. The van der Waals surface area contributed by atoms with Gasteiger partial charge in [0.2, 0.25) is 0 Å². The number of fused-ring (bicyclic) bond motifs is 4. The summed E-state index contributed by atoms with van der Waals surface area (Å²) in [5.41, 5.74) is 2.67. The first-order valence-electron chi connectivity index (χ1n) is 7.16. The van der Waals surface area contributed by atoms with Gasteiger partial charge in [0.25, 0.3) is 5.91 Å². The van der Waals surface area contributed by atoms with Crippen LogP contribution in [0, 0.1) is 0 Å². The zero-order valence-electron chi connectivity index (χ0n) is 12.4. The maximum absolute atomic E-state index is 12.4. The zero-order valence-corrected chi connectivity index (χ0v) is 12.4. The Hall–Kier alpha value is -2.88. The molecule has 1 amide bonds. The predicted molar refractivity (Wildman–Crippen MR) is 89.1 cm³/mol. The van der Waals surface area contributed by atoms with Crippen molar-refractivity contribution in [2.45, 2.75) is 0 Å². The summed E-state index contributed by atoms with van der Waals surface area (Å²) in [7, 11) is 3.49. The molecule has 0 aliphatic carbocycles. The fourth-order valence-electron chi connectivity index (χ4n) is 2.90. The van der Waals surface area contributed by atoms with Crippen LogP contribution >= 0.6 is 0 Å². The monoisotopic (exact) mass is 289 g/mol. The second-order valence-electron chi connectivity index (χ2n) is 5.65. The first kappa shape index (κ1) is 12.8. The van der Waals surface area contributed by atoms with E-state index < -0.39 is 0 Å². The van der Waals surface area contributed by atoms with Crippen LogP contribution in [0.4, 0.5) is 0 Å². The molecule has 4 aromatic rings. The van der Waals surface area contributed by atoms with Gasteiger partial charge in [-0.2, -0.15) is 0 Å². The number of nitrogens with zero attached hydrogens (tertiary/aromatic N) is 2. The third-order valence-corrected chi connectivity index (χ3v) is 4.00. The molecule has 0 aliphatic rings. The van der Waals surface area contributed by atoms with Gasteiger partial charge in [0.15, 0.2) is 0 Å². The normalized spacial score (nSPS) is 11.4. The Kier molecular flexibility index (Phi) is 2.66. The van der Waals surface area contributed by atoms with Crippen LogP contribution < -0.4 is 0 Å².